The number of anilines is 1. The molecule has 1 aliphatic rings. The Morgan fingerprint density at radius 1 is 1.55 bits per heavy atom. The summed E-state index contributed by atoms with van der Waals surface area (Å²) >= 11 is 5.74. The Kier molecular flexibility index (Phi) is 4.57. The van der Waals surface area contributed by atoms with Gasteiger partial charge in [0.1, 0.15) is 5.69 Å². The zero-order valence-corrected chi connectivity index (χ0v) is 11.8. The van der Waals surface area contributed by atoms with Gasteiger partial charge in [-0.05, 0) is 38.4 Å². The number of piperidine rings is 1. The normalized spacial score (nSPS) is 22.3. The van der Waals surface area contributed by atoms with Gasteiger partial charge in [0.05, 0.1) is 4.92 Å². The highest BCUT2D eigenvalue weighted by Crippen LogP contribution is 2.29. The van der Waals surface area contributed by atoms with Crippen LogP contribution in [0.1, 0.15) is 19.8 Å². The lowest BCUT2D eigenvalue weighted by atomic mass is 9.92. The fourth-order valence-electron chi connectivity index (χ4n) is 2.37. The van der Waals surface area contributed by atoms with E-state index in [-0.39, 0.29) is 34.3 Å². The molecule has 1 amide bonds. The Morgan fingerprint density at radius 3 is 2.95 bits per heavy atom. The van der Waals surface area contributed by atoms with Gasteiger partial charge in [0.2, 0.25) is 5.91 Å². The summed E-state index contributed by atoms with van der Waals surface area (Å²) in [5.74, 6) is -0.301. The van der Waals surface area contributed by atoms with Crippen molar-refractivity contribution in [1.29, 1.82) is 0 Å². The first-order valence-electron chi connectivity index (χ1n) is 6.45. The molecule has 20 heavy (non-hydrogen) atoms. The maximum Gasteiger partial charge on any atom is 0.294 e. The Balaban J connectivity index is 2.13. The molecule has 0 aromatic heterocycles. The molecule has 1 fully saturated rings. The van der Waals surface area contributed by atoms with E-state index in [2.05, 4.69) is 10.6 Å². The minimum atomic E-state index is -0.549. The number of hydrogen-bond acceptors (Lipinski definition) is 4. The van der Waals surface area contributed by atoms with Crippen molar-refractivity contribution in [2.24, 2.45) is 5.92 Å². The molecule has 0 saturated carbocycles. The minimum Gasteiger partial charge on any atom is -0.320 e. The summed E-state index contributed by atoms with van der Waals surface area (Å²) in [5.41, 5.74) is 0.00317. The molecule has 2 N–H and O–H groups in total. The summed E-state index contributed by atoms with van der Waals surface area (Å²) in [4.78, 5) is 22.6. The highest BCUT2D eigenvalue weighted by molar-refractivity contribution is 6.31. The summed E-state index contributed by atoms with van der Waals surface area (Å²) in [5, 5.41) is 17.1. The van der Waals surface area contributed by atoms with E-state index in [0.717, 1.165) is 19.4 Å². The fourth-order valence-corrected chi connectivity index (χ4v) is 2.53. The number of amides is 1. The summed E-state index contributed by atoms with van der Waals surface area (Å²) in [7, 11) is 0. The third-order valence-electron chi connectivity index (χ3n) is 3.41. The number of benzene rings is 1. The average molecular weight is 298 g/mol. The maximum atomic E-state index is 12.2. The van der Waals surface area contributed by atoms with Crippen molar-refractivity contribution in [3.05, 3.63) is 33.3 Å². The van der Waals surface area contributed by atoms with Crippen molar-refractivity contribution < 1.29 is 9.72 Å². The number of nitrogens with zero attached hydrogens (tertiary/aromatic N) is 1. The second kappa shape index (κ2) is 6.19. The first-order chi connectivity index (χ1) is 9.47. The van der Waals surface area contributed by atoms with Crippen LogP contribution in [-0.4, -0.2) is 23.4 Å². The lowest BCUT2D eigenvalue weighted by Gasteiger charge is -2.27. The number of rotatable bonds is 3. The molecule has 1 heterocycles. The van der Waals surface area contributed by atoms with Crippen LogP contribution < -0.4 is 10.6 Å². The highest BCUT2D eigenvalue weighted by Gasteiger charge is 2.26. The number of nitro groups is 1. The maximum absolute atomic E-state index is 12.2. The van der Waals surface area contributed by atoms with Crippen LogP contribution in [0.2, 0.25) is 5.02 Å². The molecule has 6 nitrogen and oxygen atoms in total. The summed E-state index contributed by atoms with van der Waals surface area (Å²) < 4.78 is 0. The predicted octanol–water partition coefficient (Wildman–Crippen LogP) is 2.57. The van der Waals surface area contributed by atoms with Crippen molar-refractivity contribution in [1.82, 2.24) is 5.32 Å². The van der Waals surface area contributed by atoms with E-state index in [1.165, 1.54) is 18.2 Å². The van der Waals surface area contributed by atoms with Crippen LogP contribution in [0.15, 0.2) is 18.2 Å². The zero-order chi connectivity index (χ0) is 14.7. The van der Waals surface area contributed by atoms with Crippen LogP contribution in [0, 0.1) is 16.0 Å². The van der Waals surface area contributed by atoms with Crippen LogP contribution in [0.5, 0.6) is 0 Å². The van der Waals surface area contributed by atoms with E-state index in [4.69, 9.17) is 11.6 Å². The first kappa shape index (κ1) is 14.7. The molecule has 0 radical (unpaired) electrons. The van der Waals surface area contributed by atoms with Gasteiger partial charge in [-0.1, -0.05) is 11.6 Å². The quantitative estimate of drug-likeness (QED) is 0.663. The third-order valence-corrected chi connectivity index (χ3v) is 3.64. The largest absolute Gasteiger partial charge is 0.320 e. The summed E-state index contributed by atoms with van der Waals surface area (Å²) in [6, 6.07) is 4.50. The van der Waals surface area contributed by atoms with Crippen molar-refractivity contribution in [2.45, 2.75) is 25.8 Å². The van der Waals surface area contributed by atoms with Crippen LogP contribution in [0.4, 0.5) is 11.4 Å². The number of nitro benzene ring substituents is 1. The molecule has 0 spiro atoms. The second-order valence-corrected chi connectivity index (χ2v) is 5.42. The standard InChI is InChI=1S/C13H16ClN3O3/c1-8-6-9(4-5-15-8)13(18)16-11-3-2-10(14)7-12(11)17(19)20/h2-3,7-9,15H,4-6H2,1H3,(H,16,18). The molecular formula is C13H16ClN3O3. The molecule has 1 aromatic rings. The van der Waals surface area contributed by atoms with Crippen molar-refractivity contribution in [3.8, 4) is 0 Å². The molecule has 0 bridgehead atoms. The molecule has 0 aliphatic carbocycles. The van der Waals surface area contributed by atoms with Gasteiger partial charge in [-0.25, -0.2) is 0 Å². The van der Waals surface area contributed by atoms with E-state index < -0.39 is 4.92 Å². The summed E-state index contributed by atoms with van der Waals surface area (Å²) in [6.45, 7) is 2.80. The number of carbonyl (C=O) groups is 1. The molecule has 2 rings (SSSR count). The van der Waals surface area contributed by atoms with Gasteiger partial charge in [-0.3, -0.25) is 14.9 Å². The van der Waals surface area contributed by atoms with Crippen molar-refractivity contribution in [3.63, 3.8) is 0 Å². The summed E-state index contributed by atoms with van der Waals surface area (Å²) in [6.07, 6.45) is 1.46. The van der Waals surface area contributed by atoms with Crippen LogP contribution in [-0.2, 0) is 4.79 Å². The molecular weight excluding hydrogens is 282 g/mol. The van der Waals surface area contributed by atoms with E-state index >= 15 is 0 Å². The molecule has 2 unspecified atom stereocenters. The van der Waals surface area contributed by atoms with Gasteiger partial charge < -0.3 is 10.6 Å². The lowest BCUT2D eigenvalue weighted by molar-refractivity contribution is -0.383. The van der Waals surface area contributed by atoms with Gasteiger partial charge in [-0.15, -0.1) is 0 Å². The number of carbonyl (C=O) groups excluding carboxylic acids is 1. The van der Waals surface area contributed by atoms with E-state index in [9.17, 15) is 14.9 Å². The van der Waals surface area contributed by atoms with Crippen molar-refractivity contribution >= 4 is 28.9 Å². The third kappa shape index (κ3) is 3.46. The SMILES string of the molecule is CC1CC(C(=O)Nc2ccc(Cl)cc2[N+](=O)[O-])CCN1. The molecule has 1 aliphatic heterocycles. The number of nitrogens with one attached hydrogen (secondary N) is 2. The van der Waals surface area contributed by atoms with Crippen LogP contribution >= 0.6 is 11.6 Å². The Bertz CT molecular complexity index is 536. The first-order valence-corrected chi connectivity index (χ1v) is 6.83. The topological polar surface area (TPSA) is 84.3 Å². The average Bonchev–Trinajstić information content (AvgIpc) is 2.40. The predicted molar refractivity (Wildman–Crippen MR) is 76.9 cm³/mol. The molecule has 1 aromatic carbocycles. The lowest BCUT2D eigenvalue weighted by Crippen LogP contribution is -2.40. The van der Waals surface area contributed by atoms with Gasteiger partial charge >= 0.3 is 0 Å². The van der Waals surface area contributed by atoms with E-state index in [0.29, 0.717) is 0 Å². The second-order valence-electron chi connectivity index (χ2n) is 4.98. The molecule has 108 valence electrons. The smallest absolute Gasteiger partial charge is 0.294 e. The van der Waals surface area contributed by atoms with Crippen LogP contribution in [0.25, 0.3) is 0 Å². The van der Waals surface area contributed by atoms with Crippen LogP contribution in [0.3, 0.4) is 0 Å². The van der Waals surface area contributed by atoms with Gasteiger partial charge in [0.25, 0.3) is 5.69 Å². The van der Waals surface area contributed by atoms with Gasteiger partial charge in [-0.2, -0.15) is 0 Å². The van der Waals surface area contributed by atoms with Crippen molar-refractivity contribution in [2.75, 3.05) is 11.9 Å². The molecule has 7 heteroatoms. The Morgan fingerprint density at radius 2 is 2.30 bits per heavy atom. The van der Waals surface area contributed by atoms with E-state index in [1.54, 1.807) is 0 Å². The fraction of sp³-hybridized carbons (Fsp3) is 0.462. The van der Waals surface area contributed by atoms with Gasteiger partial charge in [0, 0.05) is 23.0 Å². The minimum absolute atomic E-state index is 0.124. The molecule has 2 atom stereocenters. The number of hydrogen-bond donors (Lipinski definition) is 2. The number of halogens is 1. The molecule has 1 saturated heterocycles. The van der Waals surface area contributed by atoms with Gasteiger partial charge in [0.15, 0.2) is 0 Å². The Labute approximate surface area is 121 Å². The van der Waals surface area contributed by atoms with E-state index in [1.807, 2.05) is 6.92 Å². The zero-order valence-electron chi connectivity index (χ0n) is 11.1. The monoisotopic (exact) mass is 297 g/mol. The highest BCUT2D eigenvalue weighted by atomic mass is 35.5. The Hall–Kier alpha value is -1.66.